The molecule has 1 N–H and O–H groups in total. The number of carbonyl (C=O) groups is 1. The van der Waals surface area contributed by atoms with E-state index in [4.69, 9.17) is 9.47 Å². The number of hydrogen-bond acceptors (Lipinski definition) is 5. The van der Waals surface area contributed by atoms with Crippen LogP contribution >= 0.6 is 0 Å². The van der Waals surface area contributed by atoms with Crippen LogP contribution in [0.15, 0.2) is 15.8 Å². The van der Waals surface area contributed by atoms with E-state index in [0.717, 1.165) is 4.57 Å². The third-order valence-electron chi connectivity index (χ3n) is 3.32. The molecule has 0 saturated carbocycles. The third kappa shape index (κ3) is 3.38. The summed E-state index contributed by atoms with van der Waals surface area (Å²) in [7, 11) is 0. The Morgan fingerprint density at radius 3 is 2.95 bits per heavy atom. The first-order valence-electron chi connectivity index (χ1n) is 6.69. The molecule has 2 heterocycles. The van der Waals surface area contributed by atoms with Crippen molar-refractivity contribution in [3.63, 3.8) is 0 Å². The number of halogens is 1. The second-order valence-corrected chi connectivity index (χ2v) is 4.90. The number of nitrogens with one attached hydrogen (secondary N) is 1. The lowest BCUT2D eigenvalue weighted by Crippen LogP contribution is -2.33. The van der Waals surface area contributed by atoms with Gasteiger partial charge in [-0.3, -0.25) is 19.1 Å². The Kier molecular flexibility index (Phi) is 4.56. The van der Waals surface area contributed by atoms with E-state index in [-0.39, 0.29) is 19.4 Å². The number of ether oxygens (including phenoxy) is 2. The number of esters is 1. The van der Waals surface area contributed by atoms with Crippen LogP contribution in [0.5, 0.6) is 0 Å². The van der Waals surface area contributed by atoms with Crippen molar-refractivity contribution in [2.24, 2.45) is 0 Å². The Hall–Kier alpha value is -1.96. The highest BCUT2D eigenvalue weighted by Crippen LogP contribution is 2.30. The summed E-state index contributed by atoms with van der Waals surface area (Å²) >= 11 is 0. The number of aryl methyl sites for hydroxylation is 1. The molecule has 2 rings (SSSR count). The standard InChI is InChI=1S/C13H17FN2O5/c1-3-11(17)20-6-9-8(14)4-10(21-9)16-5-7(2)12(18)15-13(16)19/h5,8-10H,3-4,6H2,1-2H3,(H,15,18,19)/t8-,9-,10-/m1/s1. The maximum Gasteiger partial charge on any atom is 0.330 e. The second kappa shape index (κ2) is 6.21. The molecule has 1 aromatic rings. The largest absolute Gasteiger partial charge is 0.463 e. The summed E-state index contributed by atoms with van der Waals surface area (Å²) < 4.78 is 25.3. The number of aromatic nitrogens is 2. The van der Waals surface area contributed by atoms with Gasteiger partial charge in [-0.25, -0.2) is 9.18 Å². The zero-order chi connectivity index (χ0) is 15.6. The fraction of sp³-hybridized carbons (Fsp3) is 0.615. The summed E-state index contributed by atoms with van der Waals surface area (Å²) in [6.45, 7) is 2.98. The molecule has 0 aromatic carbocycles. The minimum absolute atomic E-state index is 0.0419. The Balaban J connectivity index is 2.10. The Morgan fingerprint density at radius 2 is 2.29 bits per heavy atom. The molecule has 8 heteroatoms. The van der Waals surface area contributed by atoms with Gasteiger partial charge >= 0.3 is 11.7 Å². The Morgan fingerprint density at radius 1 is 1.57 bits per heavy atom. The molecule has 7 nitrogen and oxygen atoms in total. The van der Waals surface area contributed by atoms with Crippen LogP contribution in [0.1, 0.15) is 31.6 Å². The Labute approximate surface area is 119 Å². The molecule has 3 atom stereocenters. The molecule has 0 unspecified atom stereocenters. The van der Waals surface area contributed by atoms with Crippen molar-refractivity contribution >= 4 is 5.97 Å². The molecule has 21 heavy (non-hydrogen) atoms. The van der Waals surface area contributed by atoms with Crippen molar-refractivity contribution in [2.45, 2.75) is 45.2 Å². The molecular formula is C13H17FN2O5. The number of H-pyrrole nitrogens is 1. The predicted molar refractivity (Wildman–Crippen MR) is 70.7 cm³/mol. The molecule has 1 aliphatic heterocycles. The fourth-order valence-electron chi connectivity index (χ4n) is 2.09. The quantitative estimate of drug-likeness (QED) is 0.814. The van der Waals surface area contributed by atoms with Crippen molar-refractivity contribution in [1.82, 2.24) is 9.55 Å². The molecule has 1 aromatic heterocycles. The zero-order valence-electron chi connectivity index (χ0n) is 11.8. The normalized spacial score (nSPS) is 25.0. The van der Waals surface area contributed by atoms with Crippen molar-refractivity contribution in [2.75, 3.05) is 6.61 Å². The minimum atomic E-state index is -1.35. The number of alkyl halides is 1. The van der Waals surface area contributed by atoms with Crippen molar-refractivity contribution in [3.8, 4) is 0 Å². The predicted octanol–water partition coefficient (Wildman–Crippen LogP) is 0.424. The first-order chi connectivity index (χ1) is 9.92. The molecule has 1 saturated heterocycles. The van der Waals surface area contributed by atoms with Crippen LogP contribution in [0.25, 0.3) is 0 Å². The van der Waals surface area contributed by atoms with Gasteiger partial charge in [0.2, 0.25) is 0 Å². The van der Waals surface area contributed by atoms with Crippen LogP contribution in [0, 0.1) is 6.92 Å². The number of aromatic amines is 1. The van der Waals surface area contributed by atoms with Gasteiger partial charge in [-0.05, 0) is 6.92 Å². The van der Waals surface area contributed by atoms with Crippen LogP contribution in [0.3, 0.4) is 0 Å². The molecule has 0 spiro atoms. The van der Waals surface area contributed by atoms with Gasteiger partial charge in [-0.1, -0.05) is 6.92 Å². The van der Waals surface area contributed by atoms with Gasteiger partial charge in [0.15, 0.2) is 0 Å². The SMILES string of the molecule is CCC(=O)OC[C@H]1O[C@@H](n2cc(C)c(=O)[nH]c2=O)C[C@H]1F. The summed E-state index contributed by atoms with van der Waals surface area (Å²) in [5.74, 6) is -0.439. The van der Waals surface area contributed by atoms with Crippen LogP contribution in [0.2, 0.25) is 0 Å². The number of nitrogens with zero attached hydrogens (tertiary/aromatic N) is 1. The van der Waals surface area contributed by atoms with Crippen LogP contribution in [-0.4, -0.2) is 34.4 Å². The summed E-state index contributed by atoms with van der Waals surface area (Å²) in [6.07, 6.45) is -1.60. The van der Waals surface area contributed by atoms with E-state index in [2.05, 4.69) is 4.98 Å². The lowest BCUT2D eigenvalue weighted by molar-refractivity contribution is -0.149. The van der Waals surface area contributed by atoms with Crippen LogP contribution < -0.4 is 11.2 Å². The van der Waals surface area contributed by atoms with Crippen molar-refractivity contribution in [1.29, 1.82) is 0 Å². The van der Waals surface area contributed by atoms with E-state index in [1.807, 2.05) is 0 Å². The van der Waals surface area contributed by atoms with Crippen molar-refractivity contribution < 1.29 is 18.7 Å². The minimum Gasteiger partial charge on any atom is -0.463 e. The lowest BCUT2D eigenvalue weighted by Gasteiger charge is -2.15. The summed E-state index contributed by atoms with van der Waals surface area (Å²) in [5, 5.41) is 0. The van der Waals surface area contributed by atoms with Crippen LogP contribution in [0.4, 0.5) is 4.39 Å². The second-order valence-electron chi connectivity index (χ2n) is 4.90. The van der Waals surface area contributed by atoms with Gasteiger partial charge in [-0.15, -0.1) is 0 Å². The summed E-state index contributed by atoms with van der Waals surface area (Å²) in [5.41, 5.74) is -0.817. The number of rotatable bonds is 4. The molecule has 0 amide bonds. The molecule has 116 valence electrons. The molecule has 0 radical (unpaired) electrons. The highest BCUT2D eigenvalue weighted by Gasteiger charge is 2.37. The first-order valence-corrected chi connectivity index (χ1v) is 6.69. The number of carbonyl (C=O) groups excluding carboxylic acids is 1. The van der Waals surface area contributed by atoms with Gasteiger partial charge in [0.05, 0.1) is 0 Å². The Bertz CT molecular complexity index is 638. The molecule has 1 fully saturated rings. The van der Waals surface area contributed by atoms with Gasteiger partial charge < -0.3 is 9.47 Å². The third-order valence-corrected chi connectivity index (χ3v) is 3.32. The average molecular weight is 300 g/mol. The fourth-order valence-corrected chi connectivity index (χ4v) is 2.09. The van der Waals surface area contributed by atoms with E-state index in [1.165, 1.54) is 13.1 Å². The van der Waals surface area contributed by atoms with E-state index in [9.17, 15) is 18.8 Å². The van der Waals surface area contributed by atoms with E-state index < -0.39 is 35.7 Å². The molecule has 1 aliphatic rings. The highest BCUT2D eigenvalue weighted by atomic mass is 19.1. The van der Waals surface area contributed by atoms with Gasteiger partial charge in [0, 0.05) is 24.6 Å². The van der Waals surface area contributed by atoms with Crippen molar-refractivity contribution in [3.05, 3.63) is 32.6 Å². The van der Waals surface area contributed by atoms with Gasteiger partial charge in [0.1, 0.15) is 25.1 Å². The summed E-state index contributed by atoms with van der Waals surface area (Å²) in [4.78, 5) is 36.2. The smallest absolute Gasteiger partial charge is 0.330 e. The van der Waals surface area contributed by atoms with Gasteiger partial charge in [-0.2, -0.15) is 0 Å². The maximum atomic E-state index is 13.9. The average Bonchev–Trinajstić information content (AvgIpc) is 2.81. The first kappa shape index (κ1) is 15.4. The molecule has 0 bridgehead atoms. The van der Waals surface area contributed by atoms with Gasteiger partial charge in [0.25, 0.3) is 5.56 Å². The monoisotopic (exact) mass is 300 g/mol. The molecular weight excluding hydrogens is 283 g/mol. The summed E-state index contributed by atoms with van der Waals surface area (Å²) in [6, 6.07) is 0. The van der Waals surface area contributed by atoms with Crippen LogP contribution in [-0.2, 0) is 14.3 Å². The zero-order valence-corrected chi connectivity index (χ0v) is 11.8. The number of hydrogen-bond donors (Lipinski definition) is 1. The maximum absolute atomic E-state index is 13.9. The van der Waals surface area contributed by atoms with E-state index >= 15 is 0 Å². The van der Waals surface area contributed by atoms with E-state index in [0.29, 0.717) is 5.56 Å². The topological polar surface area (TPSA) is 90.4 Å². The highest BCUT2D eigenvalue weighted by molar-refractivity contribution is 5.68. The lowest BCUT2D eigenvalue weighted by atomic mass is 10.2. The van der Waals surface area contributed by atoms with E-state index in [1.54, 1.807) is 6.92 Å². The molecule has 0 aliphatic carbocycles.